The molecule has 0 aliphatic heterocycles. The fourth-order valence-electron chi connectivity index (χ4n) is 2.88. The minimum Gasteiger partial charge on any atom is -0.478 e. The van der Waals surface area contributed by atoms with Gasteiger partial charge in [-0.05, 0) is 54.7 Å². The number of aryl methyl sites for hydroxylation is 1. The van der Waals surface area contributed by atoms with Gasteiger partial charge in [-0.1, -0.05) is 29.8 Å². The first kappa shape index (κ1) is 13.6. The number of rotatable bonds is 2. The summed E-state index contributed by atoms with van der Waals surface area (Å²) >= 11 is 0. The molecule has 0 saturated heterocycles. The molecule has 2 aromatic rings. The van der Waals surface area contributed by atoms with Crippen LogP contribution in [0.5, 0.6) is 0 Å². The van der Waals surface area contributed by atoms with E-state index in [1.54, 1.807) is 30.3 Å². The van der Waals surface area contributed by atoms with Gasteiger partial charge in [0.1, 0.15) is 5.82 Å². The number of hydrogen-bond donors (Lipinski definition) is 1. The van der Waals surface area contributed by atoms with Crippen LogP contribution >= 0.6 is 0 Å². The number of halogens is 1. The van der Waals surface area contributed by atoms with Crippen molar-refractivity contribution >= 4 is 11.5 Å². The summed E-state index contributed by atoms with van der Waals surface area (Å²) in [6, 6.07) is 11.7. The molecule has 1 N–H and O–H groups in total. The Labute approximate surface area is 122 Å². The molecule has 1 aliphatic carbocycles. The Bertz CT molecular complexity index is 760. The smallest absolute Gasteiger partial charge is 0.335 e. The average Bonchev–Trinajstić information content (AvgIpc) is 2.48. The highest BCUT2D eigenvalue weighted by molar-refractivity contribution is 5.92. The molecule has 0 fully saturated rings. The molecule has 0 saturated carbocycles. The van der Waals surface area contributed by atoms with Crippen LogP contribution in [0.15, 0.2) is 48.0 Å². The number of aromatic carboxylic acids is 1. The molecule has 0 heterocycles. The molecule has 0 bridgehead atoms. The summed E-state index contributed by atoms with van der Waals surface area (Å²) < 4.78 is 14.2. The molecule has 2 nitrogen and oxygen atoms in total. The van der Waals surface area contributed by atoms with Crippen LogP contribution in [0.25, 0.3) is 5.57 Å². The highest BCUT2D eigenvalue weighted by Gasteiger charge is 2.21. The van der Waals surface area contributed by atoms with Crippen molar-refractivity contribution in [3.05, 3.63) is 76.1 Å². The van der Waals surface area contributed by atoms with E-state index in [0.717, 1.165) is 35.1 Å². The summed E-state index contributed by atoms with van der Waals surface area (Å²) in [4.78, 5) is 11.2. The molecule has 3 heteroatoms. The van der Waals surface area contributed by atoms with Crippen molar-refractivity contribution in [2.45, 2.75) is 19.8 Å². The second-order valence-electron chi connectivity index (χ2n) is 5.31. The summed E-state index contributed by atoms with van der Waals surface area (Å²) in [6.07, 6.45) is 1.72. The summed E-state index contributed by atoms with van der Waals surface area (Å²) in [5.74, 6) is -1.24. The van der Waals surface area contributed by atoms with Crippen LogP contribution in [0, 0.1) is 5.82 Å². The first-order valence-corrected chi connectivity index (χ1v) is 6.89. The topological polar surface area (TPSA) is 37.3 Å². The number of carbonyl (C=O) groups is 1. The monoisotopic (exact) mass is 282 g/mol. The van der Waals surface area contributed by atoms with Gasteiger partial charge in [-0.15, -0.1) is 0 Å². The molecule has 0 atom stereocenters. The molecular formula is C18H15FO2. The first-order chi connectivity index (χ1) is 10.1. The zero-order valence-corrected chi connectivity index (χ0v) is 11.7. The fraction of sp³-hybridized carbons (Fsp3) is 0.167. The summed E-state index contributed by atoms with van der Waals surface area (Å²) in [5.41, 5.74) is 4.61. The number of hydrogen-bond acceptors (Lipinski definition) is 1. The second kappa shape index (κ2) is 5.17. The maximum absolute atomic E-state index is 14.2. The molecule has 0 unspecified atom stereocenters. The van der Waals surface area contributed by atoms with Crippen LogP contribution < -0.4 is 0 Å². The Morgan fingerprint density at radius 1 is 1.10 bits per heavy atom. The highest BCUT2D eigenvalue weighted by Crippen LogP contribution is 2.37. The van der Waals surface area contributed by atoms with E-state index in [1.165, 1.54) is 6.07 Å². The summed E-state index contributed by atoms with van der Waals surface area (Å²) in [6.45, 7) is 1.98. The van der Waals surface area contributed by atoms with Crippen molar-refractivity contribution in [2.24, 2.45) is 0 Å². The predicted octanol–water partition coefficient (Wildman–Crippen LogP) is 4.29. The standard InChI is InChI=1S/C18H15FO2/c1-11-6-7-12-8-9-13(18(20)21)10-15(12)17(11)14-4-2-3-5-16(14)19/h2-5,8-10H,6-7H2,1H3,(H,20,21). The molecule has 0 amide bonds. The number of carboxylic acids is 1. The van der Waals surface area contributed by atoms with Crippen molar-refractivity contribution in [3.63, 3.8) is 0 Å². The molecule has 106 valence electrons. The number of fused-ring (bicyclic) bond motifs is 1. The molecular weight excluding hydrogens is 267 g/mol. The largest absolute Gasteiger partial charge is 0.478 e. The van der Waals surface area contributed by atoms with Crippen molar-refractivity contribution in [1.29, 1.82) is 0 Å². The maximum Gasteiger partial charge on any atom is 0.335 e. The fourth-order valence-corrected chi connectivity index (χ4v) is 2.88. The van der Waals surface area contributed by atoms with E-state index in [4.69, 9.17) is 0 Å². The van der Waals surface area contributed by atoms with Gasteiger partial charge in [0.25, 0.3) is 0 Å². The van der Waals surface area contributed by atoms with Gasteiger partial charge in [0, 0.05) is 5.56 Å². The SMILES string of the molecule is CC1=C(c2ccccc2F)c2cc(C(=O)O)ccc2CC1. The zero-order valence-electron chi connectivity index (χ0n) is 11.7. The van der Waals surface area contributed by atoms with Crippen LogP contribution in [-0.4, -0.2) is 11.1 Å². The molecule has 21 heavy (non-hydrogen) atoms. The van der Waals surface area contributed by atoms with E-state index in [0.29, 0.717) is 5.56 Å². The third-order valence-corrected chi connectivity index (χ3v) is 3.97. The Balaban J connectivity index is 2.24. The lowest BCUT2D eigenvalue weighted by atomic mass is 9.82. The number of allylic oxidation sites excluding steroid dienone is 1. The zero-order chi connectivity index (χ0) is 15.0. The van der Waals surface area contributed by atoms with Crippen LogP contribution in [0.2, 0.25) is 0 Å². The van der Waals surface area contributed by atoms with Gasteiger partial charge in [0.2, 0.25) is 0 Å². The normalized spacial score (nSPS) is 14.0. The van der Waals surface area contributed by atoms with Crippen molar-refractivity contribution in [2.75, 3.05) is 0 Å². The first-order valence-electron chi connectivity index (χ1n) is 6.89. The predicted molar refractivity (Wildman–Crippen MR) is 79.8 cm³/mol. The molecule has 0 aromatic heterocycles. The molecule has 1 aliphatic rings. The molecule has 0 radical (unpaired) electrons. The Morgan fingerprint density at radius 2 is 1.86 bits per heavy atom. The van der Waals surface area contributed by atoms with Crippen LogP contribution in [0.3, 0.4) is 0 Å². The van der Waals surface area contributed by atoms with E-state index in [2.05, 4.69) is 0 Å². The van der Waals surface area contributed by atoms with Crippen LogP contribution in [-0.2, 0) is 6.42 Å². The maximum atomic E-state index is 14.2. The van der Waals surface area contributed by atoms with E-state index >= 15 is 0 Å². The lowest BCUT2D eigenvalue weighted by molar-refractivity contribution is 0.0697. The van der Waals surface area contributed by atoms with Crippen molar-refractivity contribution < 1.29 is 14.3 Å². The van der Waals surface area contributed by atoms with Gasteiger partial charge in [-0.2, -0.15) is 0 Å². The van der Waals surface area contributed by atoms with Gasteiger partial charge < -0.3 is 5.11 Å². The quantitative estimate of drug-likeness (QED) is 0.892. The van der Waals surface area contributed by atoms with Gasteiger partial charge in [-0.25, -0.2) is 9.18 Å². The lowest BCUT2D eigenvalue weighted by Crippen LogP contribution is -2.08. The molecule has 3 rings (SSSR count). The van der Waals surface area contributed by atoms with E-state index in [1.807, 2.05) is 13.0 Å². The minimum atomic E-state index is -0.964. The third-order valence-electron chi connectivity index (χ3n) is 3.97. The summed E-state index contributed by atoms with van der Waals surface area (Å²) in [7, 11) is 0. The minimum absolute atomic E-state index is 0.234. The van der Waals surface area contributed by atoms with Gasteiger partial charge in [0.05, 0.1) is 5.56 Å². The van der Waals surface area contributed by atoms with Crippen molar-refractivity contribution in [1.82, 2.24) is 0 Å². The third kappa shape index (κ3) is 2.35. The van der Waals surface area contributed by atoms with E-state index in [9.17, 15) is 14.3 Å². The Kier molecular flexibility index (Phi) is 3.34. The van der Waals surface area contributed by atoms with Gasteiger partial charge >= 0.3 is 5.97 Å². The lowest BCUT2D eigenvalue weighted by Gasteiger charge is -2.23. The van der Waals surface area contributed by atoms with E-state index < -0.39 is 5.97 Å². The second-order valence-corrected chi connectivity index (χ2v) is 5.31. The molecule has 2 aromatic carbocycles. The Hall–Kier alpha value is -2.42. The van der Waals surface area contributed by atoms with Crippen molar-refractivity contribution in [3.8, 4) is 0 Å². The van der Waals surface area contributed by atoms with Crippen LogP contribution in [0.1, 0.15) is 40.4 Å². The number of carboxylic acid groups (broad SMARTS) is 1. The van der Waals surface area contributed by atoms with Gasteiger partial charge in [0.15, 0.2) is 0 Å². The molecule has 0 spiro atoms. The highest BCUT2D eigenvalue weighted by atomic mass is 19.1. The van der Waals surface area contributed by atoms with E-state index in [-0.39, 0.29) is 11.4 Å². The van der Waals surface area contributed by atoms with Gasteiger partial charge in [-0.3, -0.25) is 0 Å². The summed E-state index contributed by atoms with van der Waals surface area (Å²) in [5, 5.41) is 9.17. The number of benzene rings is 2. The average molecular weight is 282 g/mol. The Morgan fingerprint density at radius 3 is 2.57 bits per heavy atom. The van der Waals surface area contributed by atoms with Crippen LogP contribution in [0.4, 0.5) is 4.39 Å².